The fourth-order valence-corrected chi connectivity index (χ4v) is 3.02. The molecule has 16 heavy (non-hydrogen) atoms. The van der Waals surface area contributed by atoms with Crippen molar-refractivity contribution < 1.29 is 4.79 Å². The number of Topliss-reactive ketones (excluding diaryl/α,β-unsaturated/α-hetero) is 1. The molecule has 3 nitrogen and oxygen atoms in total. The summed E-state index contributed by atoms with van der Waals surface area (Å²) in [6.07, 6.45) is 0.778. The third kappa shape index (κ3) is 1.03. The molecule has 0 N–H and O–H groups in total. The van der Waals surface area contributed by atoms with E-state index in [1.54, 1.807) is 0 Å². The van der Waals surface area contributed by atoms with Crippen LogP contribution in [-0.4, -0.2) is 23.8 Å². The topological polar surface area (TPSA) is 44.1 Å². The summed E-state index contributed by atoms with van der Waals surface area (Å²) in [6.45, 7) is 0. The van der Waals surface area contributed by atoms with Crippen LogP contribution in [0.5, 0.6) is 0 Å². The Morgan fingerprint density at radius 1 is 1.44 bits per heavy atom. The molecule has 0 saturated carbocycles. The highest BCUT2D eigenvalue weighted by Gasteiger charge is 2.48. The molecule has 80 valence electrons. The van der Waals surface area contributed by atoms with Gasteiger partial charge in [-0.25, -0.2) is 0 Å². The van der Waals surface area contributed by atoms with Gasteiger partial charge in [0.1, 0.15) is 0 Å². The minimum atomic E-state index is -0.232. The summed E-state index contributed by atoms with van der Waals surface area (Å²) in [5.74, 6) is -0.0479. The number of nitrogens with zero attached hydrogens (tertiary/aromatic N) is 2. The Bertz CT molecular complexity index is 503. The van der Waals surface area contributed by atoms with Crippen molar-refractivity contribution in [3.05, 3.63) is 35.4 Å². The summed E-state index contributed by atoms with van der Waals surface area (Å²) in [5.41, 5.74) is 1.90. The maximum absolute atomic E-state index is 12.3. The lowest BCUT2D eigenvalue weighted by molar-refractivity contribution is 0.0821. The van der Waals surface area contributed by atoms with Crippen LogP contribution in [0.4, 0.5) is 0 Å². The summed E-state index contributed by atoms with van der Waals surface area (Å²) in [7, 11) is 1.94. The smallest absolute Gasteiger partial charge is 0.181 e. The third-order valence-electron chi connectivity index (χ3n) is 3.81. The van der Waals surface area contributed by atoms with Crippen LogP contribution in [0.15, 0.2) is 24.3 Å². The van der Waals surface area contributed by atoms with Crippen molar-refractivity contribution in [1.29, 1.82) is 5.26 Å². The Hall–Kier alpha value is -1.66. The van der Waals surface area contributed by atoms with E-state index in [2.05, 4.69) is 11.0 Å². The standard InChI is InChI=1S/C13H12N2O/c1-15-11-6-8(7-14)12(15)13(16)10-5-3-2-4-9(10)11/h2-5,8,11-12H,6H2,1H3/t8-,11-,12+/m1/s1. The number of hydrogen-bond donors (Lipinski definition) is 0. The number of likely N-dealkylation sites (N-methyl/N-ethyl adjacent to an activating group) is 1. The maximum Gasteiger partial charge on any atom is 0.181 e. The van der Waals surface area contributed by atoms with Crippen LogP contribution < -0.4 is 0 Å². The van der Waals surface area contributed by atoms with E-state index >= 15 is 0 Å². The van der Waals surface area contributed by atoms with Crippen molar-refractivity contribution in [2.45, 2.75) is 18.5 Å². The van der Waals surface area contributed by atoms with E-state index in [9.17, 15) is 4.79 Å². The second kappa shape index (κ2) is 3.16. The molecule has 3 rings (SSSR count). The van der Waals surface area contributed by atoms with Gasteiger partial charge in [0, 0.05) is 11.6 Å². The van der Waals surface area contributed by atoms with Crippen molar-refractivity contribution in [3.63, 3.8) is 0 Å². The molecule has 3 atom stereocenters. The van der Waals surface area contributed by atoms with Crippen molar-refractivity contribution in [2.24, 2.45) is 5.92 Å². The van der Waals surface area contributed by atoms with Crippen LogP contribution in [0, 0.1) is 17.2 Å². The van der Waals surface area contributed by atoms with Gasteiger partial charge in [0.25, 0.3) is 0 Å². The first-order valence-corrected chi connectivity index (χ1v) is 5.48. The van der Waals surface area contributed by atoms with E-state index in [1.807, 2.05) is 31.3 Å². The zero-order valence-corrected chi connectivity index (χ0v) is 9.05. The van der Waals surface area contributed by atoms with Gasteiger partial charge in [-0.15, -0.1) is 0 Å². The number of ketones is 1. The van der Waals surface area contributed by atoms with Gasteiger partial charge in [0.05, 0.1) is 18.0 Å². The number of benzene rings is 1. The van der Waals surface area contributed by atoms with Crippen molar-refractivity contribution in [2.75, 3.05) is 7.05 Å². The fourth-order valence-electron chi connectivity index (χ4n) is 3.02. The van der Waals surface area contributed by atoms with Crippen LogP contribution in [-0.2, 0) is 0 Å². The molecule has 0 amide bonds. The first-order chi connectivity index (χ1) is 7.74. The molecule has 0 aliphatic carbocycles. The van der Waals surface area contributed by atoms with E-state index in [1.165, 1.54) is 0 Å². The molecule has 2 aliphatic heterocycles. The molecular formula is C13H12N2O. The predicted octanol–water partition coefficient (Wildman–Crippen LogP) is 1.77. The Balaban J connectivity index is 2.19. The van der Waals surface area contributed by atoms with E-state index < -0.39 is 0 Å². The molecule has 0 spiro atoms. The van der Waals surface area contributed by atoms with Gasteiger partial charge in [-0.2, -0.15) is 5.26 Å². The lowest BCUT2D eigenvalue weighted by Crippen LogP contribution is -2.41. The van der Waals surface area contributed by atoms with E-state index in [4.69, 9.17) is 5.26 Å². The summed E-state index contributed by atoms with van der Waals surface area (Å²) in [6, 6.07) is 10.0. The van der Waals surface area contributed by atoms with Crippen LogP contribution in [0.3, 0.4) is 0 Å². The van der Waals surface area contributed by atoms with Crippen LogP contribution in [0.25, 0.3) is 0 Å². The second-order valence-electron chi connectivity index (χ2n) is 4.55. The molecule has 1 saturated heterocycles. The van der Waals surface area contributed by atoms with Crippen molar-refractivity contribution in [3.8, 4) is 6.07 Å². The minimum Gasteiger partial charge on any atom is -0.292 e. The number of carbonyl (C=O) groups excluding carboxylic acids is 1. The molecule has 2 bridgehead atoms. The average molecular weight is 212 g/mol. The second-order valence-corrected chi connectivity index (χ2v) is 4.55. The Morgan fingerprint density at radius 2 is 2.19 bits per heavy atom. The largest absolute Gasteiger partial charge is 0.292 e. The number of fused-ring (bicyclic) bond motifs is 4. The summed E-state index contributed by atoms with van der Waals surface area (Å²) >= 11 is 0. The van der Waals surface area contributed by atoms with Crippen molar-refractivity contribution >= 4 is 5.78 Å². The molecule has 0 aromatic heterocycles. The number of nitriles is 1. The van der Waals surface area contributed by atoms with Crippen LogP contribution in [0.1, 0.15) is 28.4 Å². The number of rotatable bonds is 0. The van der Waals surface area contributed by atoms with E-state index in [0.29, 0.717) is 0 Å². The van der Waals surface area contributed by atoms with Gasteiger partial charge >= 0.3 is 0 Å². The lowest BCUT2D eigenvalue weighted by Gasteiger charge is -2.31. The molecule has 0 unspecified atom stereocenters. The lowest BCUT2D eigenvalue weighted by atomic mass is 9.92. The summed E-state index contributed by atoms with van der Waals surface area (Å²) < 4.78 is 0. The Labute approximate surface area is 94.3 Å². The molecule has 2 heterocycles. The highest BCUT2D eigenvalue weighted by molar-refractivity contribution is 6.03. The molecule has 1 aromatic rings. The van der Waals surface area contributed by atoms with Crippen LogP contribution >= 0.6 is 0 Å². The van der Waals surface area contributed by atoms with Gasteiger partial charge in [0.15, 0.2) is 5.78 Å². The Morgan fingerprint density at radius 3 is 2.94 bits per heavy atom. The Kier molecular flexibility index (Phi) is 1.89. The summed E-state index contributed by atoms with van der Waals surface area (Å²) in [5, 5.41) is 9.10. The number of carbonyl (C=O) groups is 1. The molecule has 2 aliphatic rings. The van der Waals surface area contributed by atoms with E-state index in [0.717, 1.165) is 17.5 Å². The van der Waals surface area contributed by atoms with Crippen LogP contribution in [0.2, 0.25) is 0 Å². The van der Waals surface area contributed by atoms with Gasteiger partial charge in [-0.1, -0.05) is 24.3 Å². The molecule has 3 heteroatoms. The van der Waals surface area contributed by atoms with Crippen molar-refractivity contribution in [1.82, 2.24) is 4.90 Å². The van der Waals surface area contributed by atoms with Gasteiger partial charge in [0.2, 0.25) is 0 Å². The van der Waals surface area contributed by atoms with Gasteiger partial charge < -0.3 is 0 Å². The average Bonchev–Trinajstić information content (AvgIpc) is 2.58. The van der Waals surface area contributed by atoms with E-state index in [-0.39, 0.29) is 23.8 Å². The first-order valence-electron chi connectivity index (χ1n) is 5.48. The normalized spacial score (nSPS) is 32.2. The molecular weight excluding hydrogens is 200 g/mol. The SMILES string of the molecule is CN1[C@@H]2C[C@H](C#N)[C@H]1C(=O)c1ccccc12. The zero-order valence-electron chi connectivity index (χ0n) is 9.05. The quantitative estimate of drug-likeness (QED) is 0.658. The summed E-state index contributed by atoms with van der Waals surface area (Å²) in [4.78, 5) is 14.3. The monoisotopic (exact) mass is 212 g/mol. The predicted molar refractivity (Wildman–Crippen MR) is 58.8 cm³/mol. The van der Waals surface area contributed by atoms with Gasteiger partial charge in [-0.05, 0) is 19.0 Å². The highest BCUT2D eigenvalue weighted by atomic mass is 16.1. The number of hydrogen-bond acceptors (Lipinski definition) is 3. The third-order valence-corrected chi connectivity index (χ3v) is 3.81. The maximum atomic E-state index is 12.3. The van der Waals surface area contributed by atoms with Gasteiger partial charge in [-0.3, -0.25) is 9.69 Å². The molecule has 1 fully saturated rings. The first kappa shape index (κ1) is 9.56. The molecule has 1 aromatic carbocycles. The minimum absolute atomic E-state index is 0.110. The highest BCUT2D eigenvalue weighted by Crippen LogP contribution is 2.45. The molecule has 0 radical (unpaired) electrons. The zero-order chi connectivity index (χ0) is 11.3. The fraction of sp³-hybridized carbons (Fsp3) is 0.385.